The maximum absolute atomic E-state index is 13.6. The third kappa shape index (κ3) is 7.31. The number of carbonyl (C=O) groups excluding carboxylic acids is 2. The molecule has 0 saturated heterocycles. The summed E-state index contributed by atoms with van der Waals surface area (Å²) in [6.45, 7) is 2.86. The number of esters is 1. The highest BCUT2D eigenvalue weighted by molar-refractivity contribution is 7.18. The van der Waals surface area contributed by atoms with Gasteiger partial charge >= 0.3 is 12.0 Å². The highest BCUT2D eigenvalue weighted by atomic mass is 35.5. The molecule has 7 nitrogen and oxygen atoms in total. The molecule has 12 heteroatoms. The van der Waals surface area contributed by atoms with E-state index in [1.165, 1.54) is 24.1 Å². The molecule has 0 radical (unpaired) electrons. The SMILES string of the molecule is CN(C(=O)NCc1cccc(F)c1Cl)[C@H](COC(=O)Cc1nc2cc(F)c(F)cc2s1)CC(C)(C)O. The van der Waals surface area contributed by atoms with E-state index in [0.717, 1.165) is 23.5 Å². The Morgan fingerprint density at radius 3 is 2.61 bits per heavy atom. The fourth-order valence-electron chi connectivity index (χ4n) is 3.44. The zero-order valence-corrected chi connectivity index (χ0v) is 21.4. The number of nitrogens with one attached hydrogen (secondary N) is 1. The first-order valence-electron chi connectivity index (χ1n) is 10.9. The third-order valence-electron chi connectivity index (χ3n) is 5.27. The normalized spacial score (nSPS) is 12.4. The Balaban J connectivity index is 1.62. The highest BCUT2D eigenvalue weighted by Crippen LogP contribution is 2.25. The van der Waals surface area contributed by atoms with Crippen LogP contribution in [0.25, 0.3) is 10.2 Å². The minimum Gasteiger partial charge on any atom is -0.463 e. The van der Waals surface area contributed by atoms with Crippen molar-refractivity contribution >= 4 is 45.2 Å². The number of carbonyl (C=O) groups is 2. The number of hydrogen-bond acceptors (Lipinski definition) is 6. The van der Waals surface area contributed by atoms with Crippen LogP contribution in [0.5, 0.6) is 0 Å². The average Bonchev–Trinajstić information content (AvgIpc) is 3.17. The van der Waals surface area contributed by atoms with Crippen molar-refractivity contribution < 1.29 is 32.6 Å². The predicted molar refractivity (Wildman–Crippen MR) is 130 cm³/mol. The summed E-state index contributed by atoms with van der Waals surface area (Å²) in [4.78, 5) is 30.6. The smallest absolute Gasteiger partial charge is 0.317 e. The monoisotopic (exact) mass is 543 g/mol. The molecule has 0 bridgehead atoms. The highest BCUT2D eigenvalue weighted by Gasteiger charge is 2.28. The summed E-state index contributed by atoms with van der Waals surface area (Å²) in [6.07, 6.45) is -0.142. The van der Waals surface area contributed by atoms with Crippen molar-refractivity contribution in [2.45, 2.75) is 44.9 Å². The van der Waals surface area contributed by atoms with Crippen molar-refractivity contribution in [1.29, 1.82) is 0 Å². The van der Waals surface area contributed by atoms with Crippen molar-refractivity contribution in [2.24, 2.45) is 0 Å². The van der Waals surface area contributed by atoms with Gasteiger partial charge in [-0.15, -0.1) is 11.3 Å². The lowest BCUT2D eigenvalue weighted by molar-refractivity contribution is -0.144. The Labute approximate surface area is 214 Å². The minimum absolute atomic E-state index is 0.0341. The second-order valence-electron chi connectivity index (χ2n) is 8.85. The number of rotatable bonds is 9. The third-order valence-corrected chi connectivity index (χ3v) is 6.71. The minimum atomic E-state index is -1.18. The zero-order valence-electron chi connectivity index (χ0n) is 19.8. The molecule has 2 N–H and O–H groups in total. The molecule has 194 valence electrons. The Bertz CT molecular complexity index is 1230. The summed E-state index contributed by atoms with van der Waals surface area (Å²) in [7, 11) is 1.48. The van der Waals surface area contributed by atoms with E-state index < -0.39 is 41.1 Å². The number of halogens is 4. The van der Waals surface area contributed by atoms with E-state index in [4.69, 9.17) is 16.3 Å². The predicted octanol–water partition coefficient (Wildman–Crippen LogP) is 4.82. The molecule has 1 heterocycles. The first-order chi connectivity index (χ1) is 16.8. The van der Waals surface area contributed by atoms with Crippen LogP contribution in [0.1, 0.15) is 30.8 Å². The largest absolute Gasteiger partial charge is 0.463 e. The lowest BCUT2D eigenvalue weighted by atomic mass is 9.99. The van der Waals surface area contributed by atoms with Crippen molar-refractivity contribution in [1.82, 2.24) is 15.2 Å². The second kappa shape index (κ2) is 11.4. The van der Waals surface area contributed by atoms with Gasteiger partial charge in [-0.2, -0.15) is 0 Å². The molecule has 1 aromatic heterocycles. The molecule has 0 aliphatic rings. The lowest BCUT2D eigenvalue weighted by Crippen LogP contribution is -2.48. The number of hydrogen-bond donors (Lipinski definition) is 2. The summed E-state index contributed by atoms with van der Waals surface area (Å²) in [5.74, 6) is -3.30. The molecule has 0 saturated carbocycles. The zero-order chi connectivity index (χ0) is 26.6. The summed E-state index contributed by atoms with van der Waals surface area (Å²) in [6, 6.07) is 4.99. The number of thiazole rings is 1. The van der Waals surface area contributed by atoms with E-state index >= 15 is 0 Å². The fraction of sp³-hybridized carbons (Fsp3) is 0.375. The Hall–Kier alpha value is -2.89. The van der Waals surface area contributed by atoms with Crippen molar-refractivity contribution in [3.63, 3.8) is 0 Å². The fourth-order valence-corrected chi connectivity index (χ4v) is 4.59. The van der Waals surface area contributed by atoms with Gasteiger partial charge in [-0.3, -0.25) is 4.79 Å². The maximum Gasteiger partial charge on any atom is 0.317 e. The summed E-state index contributed by atoms with van der Waals surface area (Å²) >= 11 is 6.97. The van der Waals surface area contributed by atoms with Crippen LogP contribution >= 0.6 is 22.9 Å². The van der Waals surface area contributed by atoms with Gasteiger partial charge in [-0.05, 0) is 38.0 Å². The van der Waals surface area contributed by atoms with E-state index in [-0.39, 0.29) is 36.5 Å². The molecule has 0 spiro atoms. The van der Waals surface area contributed by atoms with Gasteiger partial charge in [-0.25, -0.2) is 22.9 Å². The number of urea groups is 1. The number of likely N-dealkylation sites (N-methyl/N-ethyl adjacent to an activating group) is 1. The van der Waals surface area contributed by atoms with Gasteiger partial charge < -0.3 is 20.1 Å². The average molecular weight is 544 g/mol. The van der Waals surface area contributed by atoms with Crippen LogP contribution in [0.4, 0.5) is 18.0 Å². The van der Waals surface area contributed by atoms with Crippen LogP contribution in [0, 0.1) is 17.5 Å². The van der Waals surface area contributed by atoms with E-state index in [2.05, 4.69) is 10.3 Å². The van der Waals surface area contributed by atoms with Gasteiger partial charge in [0.15, 0.2) is 11.6 Å². The molecular formula is C24H25ClF3N3O4S. The molecule has 0 unspecified atom stereocenters. The van der Waals surface area contributed by atoms with Gasteiger partial charge in [0.05, 0.1) is 33.3 Å². The van der Waals surface area contributed by atoms with E-state index in [1.54, 1.807) is 19.9 Å². The quantitative estimate of drug-likeness (QED) is 0.377. The topological polar surface area (TPSA) is 91.8 Å². The van der Waals surface area contributed by atoms with Crippen molar-refractivity contribution in [2.75, 3.05) is 13.7 Å². The number of aromatic nitrogens is 1. The standard InChI is InChI=1S/C24H25ClF3N3O4S/c1-24(2,34)10-14(31(3)23(33)29-11-13-5-4-6-15(26)22(13)25)12-35-21(32)9-20-30-18-7-16(27)17(28)8-19(18)36-20/h4-8,14,34H,9-12H2,1-3H3,(H,29,33)/t14-/m0/s1. The number of benzene rings is 2. The Morgan fingerprint density at radius 1 is 1.22 bits per heavy atom. The molecule has 1 atom stereocenters. The number of amides is 2. The molecular weight excluding hydrogens is 519 g/mol. The van der Waals surface area contributed by atoms with Crippen LogP contribution in [0.3, 0.4) is 0 Å². The number of ether oxygens (including phenoxy) is 1. The summed E-state index contributed by atoms with van der Waals surface area (Å²) in [5, 5.41) is 13.1. The van der Waals surface area contributed by atoms with Crippen molar-refractivity contribution in [3.8, 4) is 0 Å². The number of fused-ring (bicyclic) bond motifs is 1. The molecule has 3 aromatic rings. The number of aliphatic hydroxyl groups is 1. The Morgan fingerprint density at radius 2 is 1.92 bits per heavy atom. The van der Waals surface area contributed by atoms with Crippen LogP contribution in [-0.2, 0) is 22.5 Å². The molecule has 0 aliphatic carbocycles. The first-order valence-corrected chi connectivity index (χ1v) is 12.1. The molecule has 2 amide bonds. The van der Waals surface area contributed by atoms with E-state index in [1.807, 2.05) is 0 Å². The van der Waals surface area contributed by atoms with E-state index in [9.17, 15) is 27.9 Å². The molecule has 3 rings (SSSR count). The van der Waals surface area contributed by atoms with Gasteiger partial charge in [0, 0.05) is 19.7 Å². The van der Waals surface area contributed by atoms with Crippen LogP contribution in [-0.4, -0.2) is 52.3 Å². The summed E-state index contributed by atoms with van der Waals surface area (Å²) < 4.78 is 46.2. The van der Waals surface area contributed by atoms with Crippen LogP contribution in [0.15, 0.2) is 30.3 Å². The van der Waals surface area contributed by atoms with Crippen LogP contribution in [0.2, 0.25) is 5.02 Å². The van der Waals surface area contributed by atoms with Gasteiger partial charge in [0.25, 0.3) is 0 Å². The van der Waals surface area contributed by atoms with Crippen molar-refractivity contribution in [3.05, 3.63) is 63.4 Å². The van der Waals surface area contributed by atoms with Crippen LogP contribution < -0.4 is 5.32 Å². The molecule has 36 heavy (non-hydrogen) atoms. The van der Waals surface area contributed by atoms with Gasteiger partial charge in [0.2, 0.25) is 0 Å². The van der Waals surface area contributed by atoms with Gasteiger partial charge in [0.1, 0.15) is 17.4 Å². The summed E-state index contributed by atoms with van der Waals surface area (Å²) in [5.41, 5.74) is -0.561. The van der Waals surface area contributed by atoms with Gasteiger partial charge in [-0.1, -0.05) is 23.7 Å². The second-order valence-corrected chi connectivity index (χ2v) is 10.3. The Kier molecular flexibility index (Phi) is 8.80. The first kappa shape index (κ1) is 27.7. The molecule has 0 aliphatic heterocycles. The maximum atomic E-state index is 13.6. The molecule has 0 fully saturated rings. The molecule has 2 aromatic carbocycles. The lowest BCUT2D eigenvalue weighted by Gasteiger charge is -2.32. The number of nitrogens with zero attached hydrogens (tertiary/aromatic N) is 2. The van der Waals surface area contributed by atoms with E-state index in [0.29, 0.717) is 15.3 Å².